The number of anilines is 3. The molecule has 1 aromatic carbocycles. The number of nitrogens with one attached hydrogen (secondary N) is 2. The number of ether oxygens (including phenoxy) is 1. The number of methoxy groups -OCH3 is 1. The first kappa shape index (κ1) is 14.4. The number of halogens is 1. The number of aryl methyl sites for hydroxylation is 2. The maximum atomic E-state index is 6.10. The van der Waals surface area contributed by atoms with Crippen LogP contribution in [0, 0.1) is 13.8 Å². The van der Waals surface area contributed by atoms with E-state index in [9.17, 15) is 0 Å². The zero-order valence-corrected chi connectivity index (χ0v) is 12.7. The van der Waals surface area contributed by atoms with Gasteiger partial charge in [-0.05, 0) is 25.5 Å². The summed E-state index contributed by atoms with van der Waals surface area (Å²) in [6.45, 7) is 3.79. The minimum Gasteiger partial charge on any atom is -0.495 e. The van der Waals surface area contributed by atoms with E-state index in [4.69, 9.17) is 16.3 Å². The molecule has 0 aliphatic rings. The summed E-state index contributed by atoms with van der Waals surface area (Å²) in [5.41, 5.74) is 1.78. The fourth-order valence-electron chi connectivity index (χ4n) is 1.83. The van der Waals surface area contributed by atoms with E-state index in [0.29, 0.717) is 22.4 Å². The molecular formula is C14H17ClN4O. The third-order valence-electron chi connectivity index (χ3n) is 2.84. The lowest BCUT2D eigenvalue weighted by molar-refractivity contribution is 0.416. The van der Waals surface area contributed by atoms with E-state index in [-0.39, 0.29) is 0 Å². The quantitative estimate of drug-likeness (QED) is 0.902. The lowest BCUT2D eigenvalue weighted by Gasteiger charge is -2.13. The van der Waals surface area contributed by atoms with E-state index >= 15 is 0 Å². The molecule has 0 amide bonds. The fourth-order valence-corrected chi connectivity index (χ4v) is 1.98. The Balaban J connectivity index is 2.39. The zero-order valence-electron chi connectivity index (χ0n) is 11.9. The van der Waals surface area contributed by atoms with Gasteiger partial charge >= 0.3 is 0 Å². The van der Waals surface area contributed by atoms with Crippen molar-refractivity contribution in [1.29, 1.82) is 0 Å². The smallest absolute Gasteiger partial charge is 0.143 e. The van der Waals surface area contributed by atoms with Gasteiger partial charge in [0.2, 0.25) is 0 Å². The SMILES string of the molecule is CNc1cc(Nc2cc(C)c(Cl)cc2OC)nc(C)n1. The van der Waals surface area contributed by atoms with Crippen molar-refractivity contribution < 1.29 is 4.74 Å². The van der Waals surface area contributed by atoms with E-state index in [1.54, 1.807) is 13.2 Å². The van der Waals surface area contributed by atoms with Crippen LogP contribution in [0.15, 0.2) is 18.2 Å². The number of hydrogen-bond donors (Lipinski definition) is 2. The van der Waals surface area contributed by atoms with E-state index < -0.39 is 0 Å². The van der Waals surface area contributed by atoms with Crippen LogP contribution in [0.5, 0.6) is 5.75 Å². The fraction of sp³-hybridized carbons (Fsp3) is 0.286. The van der Waals surface area contributed by atoms with Crippen LogP contribution in [0.4, 0.5) is 17.3 Å². The highest BCUT2D eigenvalue weighted by Gasteiger charge is 2.09. The number of aromatic nitrogens is 2. The molecule has 6 heteroatoms. The van der Waals surface area contributed by atoms with Gasteiger partial charge in [-0.2, -0.15) is 0 Å². The molecule has 1 heterocycles. The summed E-state index contributed by atoms with van der Waals surface area (Å²) in [4.78, 5) is 8.61. The van der Waals surface area contributed by atoms with Crippen molar-refractivity contribution in [3.8, 4) is 5.75 Å². The van der Waals surface area contributed by atoms with Crippen LogP contribution in [0.25, 0.3) is 0 Å². The Kier molecular flexibility index (Phi) is 4.29. The first-order valence-electron chi connectivity index (χ1n) is 6.18. The first-order chi connectivity index (χ1) is 9.53. The van der Waals surface area contributed by atoms with E-state index in [0.717, 1.165) is 17.1 Å². The van der Waals surface area contributed by atoms with Crippen LogP contribution < -0.4 is 15.4 Å². The van der Waals surface area contributed by atoms with Crippen molar-refractivity contribution >= 4 is 28.9 Å². The predicted molar refractivity (Wildman–Crippen MR) is 82.3 cm³/mol. The third-order valence-corrected chi connectivity index (χ3v) is 3.24. The molecule has 0 radical (unpaired) electrons. The summed E-state index contributed by atoms with van der Waals surface area (Å²) in [6, 6.07) is 5.54. The van der Waals surface area contributed by atoms with Crippen LogP contribution in [0.1, 0.15) is 11.4 Å². The maximum absolute atomic E-state index is 6.10. The summed E-state index contributed by atoms with van der Waals surface area (Å²) in [5.74, 6) is 2.80. The summed E-state index contributed by atoms with van der Waals surface area (Å²) in [7, 11) is 3.43. The van der Waals surface area contributed by atoms with Crippen molar-refractivity contribution in [2.75, 3.05) is 24.8 Å². The average molecular weight is 293 g/mol. The highest BCUT2D eigenvalue weighted by atomic mass is 35.5. The van der Waals surface area contributed by atoms with Crippen molar-refractivity contribution in [2.24, 2.45) is 0 Å². The molecule has 2 N–H and O–H groups in total. The summed E-state index contributed by atoms with van der Waals surface area (Å²) in [6.07, 6.45) is 0. The summed E-state index contributed by atoms with van der Waals surface area (Å²) >= 11 is 6.10. The summed E-state index contributed by atoms with van der Waals surface area (Å²) in [5, 5.41) is 6.90. The van der Waals surface area contributed by atoms with Gasteiger partial charge in [-0.3, -0.25) is 0 Å². The molecule has 2 rings (SSSR count). The maximum Gasteiger partial charge on any atom is 0.143 e. The normalized spacial score (nSPS) is 10.2. The molecule has 0 atom stereocenters. The number of hydrogen-bond acceptors (Lipinski definition) is 5. The van der Waals surface area contributed by atoms with Crippen molar-refractivity contribution in [1.82, 2.24) is 9.97 Å². The molecule has 0 unspecified atom stereocenters. The lowest BCUT2D eigenvalue weighted by Crippen LogP contribution is -2.02. The zero-order chi connectivity index (χ0) is 14.7. The molecule has 0 aliphatic carbocycles. The van der Waals surface area contributed by atoms with Gasteiger partial charge in [0.15, 0.2) is 0 Å². The molecule has 0 saturated carbocycles. The molecule has 5 nitrogen and oxygen atoms in total. The molecule has 0 aliphatic heterocycles. The van der Waals surface area contributed by atoms with Crippen LogP contribution in [0.2, 0.25) is 5.02 Å². The molecule has 0 saturated heterocycles. The Hall–Kier alpha value is -2.01. The second kappa shape index (κ2) is 5.96. The Morgan fingerprint density at radius 2 is 1.80 bits per heavy atom. The van der Waals surface area contributed by atoms with Crippen LogP contribution in [-0.4, -0.2) is 24.1 Å². The van der Waals surface area contributed by atoms with E-state index in [1.807, 2.05) is 33.0 Å². The van der Waals surface area contributed by atoms with Crippen molar-refractivity contribution in [3.63, 3.8) is 0 Å². The van der Waals surface area contributed by atoms with Crippen LogP contribution in [0.3, 0.4) is 0 Å². The van der Waals surface area contributed by atoms with Gasteiger partial charge < -0.3 is 15.4 Å². The van der Waals surface area contributed by atoms with Gasteiger partial charge in [-0.15, -0.1) is 0 Å². The molecule has 0 fully saturated rings. The minimum atomic E-state index is 0.669. The molecule has 2 aromatic rings. The van der Waals surface area contributed by atoms with Crippen LogP contribution in [-0.2, 0) is 0 Å². The van der Waals surface area contributed by atoms with Gasteiger partial charge in [0, 0.05) is 24.2 Å². The molecule has 106 valence electrons. The Labute approximate surface area is 123 Å². The second-order valence-electron chi connectivity index (χ2n) is 4.36. The molecule has 0 spiro atoms. The summed E-state index contributed by atoms with van der Waals surface area (Å²) < 4.78 is 5.33. The molecule has 1 aromatic heterocycles. The average Bonchev–Trinajstić information content (AvgIpc) is 2.42. The number of nitrogens with zero attached hydrogens (tertiary/aromatic N) is 2. The molecular weight excluding hydrogens is 276 g/mol. The Morgan fingerprint density at radius 1 is 1.10 bits per heavy atom. The topological polar surface area (TPSA) is 59.1 Å². The molecule has 0 bridgehead atoms. The Morgan fingerprint density at radius 3 is 2.45 bits per heavy atom. The van der Waals surface area contributed by atoms with Crippen molar-refractivity contribution in [3.05, 3.63) is 34.6 Å². The monoisotopic (exact) mass is 292 g/mol. The number of benzene rings is 1. The van der Waals surface area contributed by atoms with Gasteiger partial charge in [0.05, 0.1) is 12.8 Å². The van der Waals surface area contributed by atoms with Crippen LogP contribution >= 0.6 is 11.6 Å². The third kappa shape index (κ3) is 3.11. The Bertz CT molecular complexity index is 631. The highest BCUT2D eigenvalue weighted by Crippen LogP contribution is 2.32. The standard InChI is InChI=1S/C14H17ClN4O/c1-8-5-11(12(20-4)6-10(8)15)19-14-7-13(16-3)17-9(2)18-14/h5-7H,1-4H3,(H2,16,17,18,19). The van der Waals surface area contributed by atoms with E-state index in [2.05, 4.69) is 20.6 Å². The van der Waals surface area contributed by atoms with Gasteiger partial charge in [-0.1, -0.05) is 11.6 Å². The minimum absolute atomic E-state index is 0.669. The van der Waals surface area contributed by atoms with Gasteiger partial charge in [0.1, 0.15) is 23.2 Å². The second-order valence-corrected chi connectivity index (χ2v) is 4.77. The largest absolute Gasteiger partial charge is 0.495 e. The van der Waals surface area contributed by atoms with Gasteiger partial charge in [-0.25, -0.2) is 9.97 Å². The van der Waals surface area contributed by atoms with E-state index in [1.165, 1.54) is 0 Å². The number of rotatable bonds is 4. The van der Waals surface area contributed by atoms with Gasteiger partial charge in [0.25, 0.3) is 0 Å². The lowest BCUT2D eigenvalue weighted by atomic mass is 10.2. The molecule has 20 heavy (non-hydrogen) atoms. The predicted octanol–water partition coefficient (Wildman–Crippen LogP) is 3.54. The van der Waals surface area contributed by atoms with Crippen molar-refractivity contribution in [2.45, 2.75) is 13.8 Å². The highest BCUT2D eigenvalue weighted by molar-refractivity contribution is 6.31. The first-order valence-corrected chi connectivity index (χ1v) is 6.56.